The van der Waals surface area contributed by atoms with Crippen LogP contribution in [0.5, 0.6) is 0 Å². The van der Waals surface area contributed by atoms with Gasteiger partial charge in [0.25, 0.3) is 0 Å². The van der Waals surface area contributed by atoms with Gasteiger partial charge in [0.1, 0.15) is 0 Å². The molecule has 0 radical (unpaired) electrons. The molecular weight excluding hydrogens is 346 g/mol. The molecule has 160 valence electrons. The standard InChI is InChI=1S/C24H43N3O/c1-14(5-4-10-28)17-6-7-18-22-19(13-21(27)24(17,18)3)23(2)9-8-16(25)11-15(23)12-20(22)26/h5,15-22,28H,4,6-13,25-27H2,1-3H3. The summed E-state index contributed by atoms with van der Waals surface area (Å²) in [5.74, 6) is 3.11. The van der Waals surface area contributed by atoms with Crippen LogP contribution in [0.3, 0.4) is 0 Å². The van der Waals surface area contributed by atoms with Gasteiger partial charge in [-0.05, 0) is 98.7 Å². The third kappa shape index (κ3) is 2.93. The van der Waals surface area contributed by atoms with E-state index in [9.17, 15) is 5.11 Å². The first kappa shape index (κ1) is 20.8. The summed E-state index contributed by atoms with van der Waals surface area (Å²) in [5.41, 5.74) is 22.3. The van der Waals surface area contributed by atoms with E-state index in [4.69, 9.17) is 17.2 Å². The number of hydrogen-bond acceptors (Lipinski definition) is 4. The molecule has 0 heterocycles. The Hall–Kier alpha value is -0.420. The summed E-state index contributed by atoms with van der Waals surface area (Å²) >= 11 is 0. The Balaban J connectivity index is 1.66. The van der Waals surface area contributed by atoms with E-state index in [1.807, 2.05) is 0 Å². The first-order valence-electron chi connectivity index (χ1n) is 11.8. The SMILES string of the molecule is CC(=CCCO)C1CCC2C3C(N)CC4CC(N)CCC4(C)C3CC(N)C12C. The summed E-state index contributed by atoms with van der Waals surface area (Å²) in [5, 5.41) is 9.26. The van der Waals surface area contributed by atoms with Crippen LogP contribution >= 0.6 is 0 Å². The Morgan fingerprint density at radius 1 is 1.04 bits per heavy atom. The molecule has 0 spiro atoms. The summed E-state index contributed by atoms with van der Waals surface area (Å²) < 4.78 is 0. The lowest BCUT2D eigenvalue weighted by atomic mass is 9.42. The van der Waals surface area contributed by atoms with Crippen molar-refractivity contribution in [1.29, 1.82) is 0 Å². The molecule has 10 atom stereocenters. The monoisotopic (exact) mass is 389 g/mol. The van der Waals surface area contributed by atoms with E-state index in [1.54, 1.807) is 0 Å². The van der Waals surface area contributed by atoms with Crippen LogP contribution < -0.4 is 17.2 Å². The molecule has 0 aliphatic heterocycles. The molecule has 0 aromatic heterocycles. The first-order chi connectivity index (χ1) is 13.2. The number of rotatable bonds is 3. The first-order valence-corrected chi connectivity index (χ1v) is 11.8. The van der Waals surface area contributed by atoms with Crippen molar-refractivity contribution >= 4 is 0 Å². The Labute approximate surface area is 171 Å². The highest BCUT2D eigenvalue weighted by Gasteiger charge is 2.64. The van der Waals surface area contributed by atoms with Crippen LogP contribution in [0.25, 0.3) is 0 Å². The molecule has 0 aromatic carbocycles. The average molecular weight is 390 g/mol. The van der Waals surface area contributed by atoms with Crippen LogP contribution in [0.15, 0.2) is 11.6 Å². The second-order valence-corrected chi connectivity index (χ2v) is 11.2. The van der Waals surface area contributed by atoms with Crippen molar-refractivity contribution in [1.82, 2.24) is 0 Å². The van der Waals surface area contributed by atoms with E-state index >= 15 is 0 Å². The summed E-state index contributed by atoms with van der Waals surface area (Å²) in [7, 11) is 0. The molecule has 0 saturated heterocycles. The fourth-order valence-corrected chi connectivity index (χ4v) is 8.58. The van der Waals surface area contributed by atoms with Gasteiger partial charge in [-0.1, -0.05) is 25.5 Å². The van der Waals surface area contributed by atoms with Crippen molar-refractivity contribution in [3.05, 3.63) is 11.6 Å². The third-order valence-electron chi connectivity index (χ3n) is 10.2. The van der Waals surface area contributed by atoms with Crippen molar-refractivity contribution < 1.29 is 5.11 Å². The lowest BCUT2D eigenvalue weighted by Crippen LogP contribution is -2.65. The number of aliphatic hydroxyl groups excluding tert-OH is 1. The maximum atomic E-state index is 9.26. The van der Waals surface area contributed by atoms with Gasteiger partial charge in [0.2, 0.25) is 0 Å². The Morgan fingerprint density at radius 2 is 1.79 bits per heavy atom. The maximum absolute atomic E-state index is 9.26. The molecule has 4 fully saturated rings. The fourth-order valence-electron chi connectivity index (χ4n) is 8.58. The van der Waals surface area contributed by atoms with E-state index in [-0.39, 0.29) is 18.1 Å². The van der Waals surface area contributed by atoms with Crippen LogP contribution in [0.4, 0.5) is 0 Å². The van der Waals surface area contributed by atoms with Gasteiger partial charge in [-0.15, -0.1) is 0 Å². The van der Waals surface area contributed by atoms with E-state index < -0.39 is 0 Å². The van der Waals surface area contributed by atoms with Gasteiger partial charge in [-0.2, -0.15) is 0 Å². The number of allylic oxidation sites excluding steroid dienone is 1. The molecule has 10 unspecified atom stereocenters. The van der Waals surface area contributed by atoms with Crippen LogP contribution in [0.2, 0.25) is 0 Å². The number of hydrogen-bond donors (Lipinski definition) is 4. The number of aliphatic hydroxyl groups is 1. The molecule has 4 aliphatic rings. The van der Waals surface area contributed by atoms with Gasteiger partial charge >= 0.3 is 0 Å². The van der Waals surface area contributed by atoms with Gasteiger partial charge in [0.15, 0.2) is 0 Å². The molecule has 0 aromatic rings. The molecule has 7 N–H and O–H groups in total. The molecule has 28 heavy (non-hydrogen) atoms. The smallest absolute Gasteiger partial charge is 0.0465 e. The summed E-state index contributed by atoms with van der Waals surface area (Å²) in [6, 6.07) is 0.896. The zero-order valence-corrected chi connectivity index (χ0v) is 18.2. The average Bonchev–Trinajstić information content (AvgIpc) is 3.01. The highest BCUT2D eigenvalue weighted by atomic mass is 16.2. The van der Waals surface area contributed by atoms with E-state index in [1.165, 1.54) is 24.8 Å². The summed E-state index contributed by atoms with van der Waals surface area (Å²) in [6.45, 7) is 7.49. The number of fused-ring (bicyclic) bond motifs is 5. The zero-order chi connectivity index (χ0) is 20.3. The molecule has 0 amide bonds. The van der Waals surface area contributed by atoms with E-state index in [0.29, 0.717) is 47.1 Å². The molecule has 4 heteroatoms. The molecular formula is C24H43N3O. The minimum atomic E-state index is 0.142. The highest BCUT2D eigenvalue weighted by molar-refractivity contribution is 5.21. The highest BCUT2D eigenvalue weighted by Crippen LogP contribution is 2.67. The Bertz CT molecular complexity index is 621. The van der Waals surface area contributed by atoms with Gasteiger partial charge in [-0.25, -0.2) is 0 Å². The molecule has 4 aliphatic carbocycles. The Morgan fingerprint density at radius 3 is 2.50 bits per heavy atom. The summed E-state index contributed by atoms with van der Waals surface area (Å²) in [6.07, 6.45) is 11.3. The largest absolute Gasteiger partial charge is 0.396 e. The van der Waals surface area contributed by atoms with Gasteiger partial charge in [-0.3, -0.25) is 0 Å². The van der Waals surface area contributed by atoms with Crippen molar-refractivity contribution in [3.63, 3.8) is 0 Å². The predicted molar refractivity (Wildman–Crippen MR) is 115 cm³/mol. The molecule has 4 nitrogen and oxygen atoms in total. The lowest BCUT2D eigenvalue weighted by molar-refractivity contribution is -0.127. The summed E-state index contributed by atoms with van der Waals surface area (Å²) in [4.78, 5) is 0. The van der Waals surface area contributed by atoms with Crippen molar-refractivity contribution in [2.75, 3.05) is 6.61 Å². The normalized spacial score (nSPS) is 54.0. The quantitative estimate of drug-likeness (QED) is 0.557. The van der Waals surface area contributed by atoms with E-state index in [0.717, 1.165) is 32.1 Å². The second-order valence-electron chi connectivity index (χ2n) is 11.2. The molecule has 4 rings (SSSR count). The molecule has 4 saturated carbocycles. The second kappa shape index (κ2) is 7.37. The maximum Gasteiger partial charge on any atom is 0.0465 e. The van der Waals surface area contributed by atoms with Crippen molar-refractivity contribution in [2.24, 2.45) is 57.6 Å². The van der Waals surface area contributed by atoms with Crippen molar-refractivity contribution in [2.45, 2.75) is 90.3 Å². The molecule has 0 bridgehead atoms. The van der Waals surface area contributed by atoms with Gasteiger partial charge in [0, 0.05) is 24.7 Å². The van der Waals surface area contributed by atoms with Crippen LogP contribution in [-0.2, 0) is 0 Å². The predicted octanol–water partition coefficient (Wildman–Crippen LogP) is 3.18. The minimum absolute atomic E-state index is 0.142. The van der Waals surface area contributed by atoms with E-state index in [2.05, 4.69) is 26.8 Å². The Kier molecular flexibility index (Phi) is 5.48. The third-order valence-corrected chi connectivity index (χ3v) is 10.2. The fraction of sp³-hybridized carbons (Fsp3) is 0.917. The van der Waals surface area contributed by atoms with Gasteiger partial charge in [0.05, 0.1) is 0 Å². The number of nitrogens with two attached hydrogens (primary N) is 3. The van der Waals surface area contributed by atoms with Crippen LogP contribution in [-0.4, -0.2) is 29.8 Å². The topological polar surface area (TPSA) is 98.3 Å². The minimum Gasteiger partial charge on any atom is -0.396 e. The zero-order valence-electron chi connectivity index (χ0n) is 18.2. The van der Waals surface area contributed by atoms with Gasteiger partial charge < -0.3 is 22.3 Å². The van der Waals surface area contributed by atoms with Crippen molar-refractivity contribution in [3.8, 4) is 0 Å². The van der Waals surface area contributed by atoms with Crippen LogP contribution in [0, 0.1) is 40.4 Å². The van der Waals surface area contributed by atoms with Crippen LogP contribution in [0.1, 0.15) is 72.1 Å². The lowest BCUT2D eigenvalue weighted by Gasteiger charge is -2.64.